The third-order valence-corrected chi connectivity index (χ3v) is 13.3. The van der Waals surface area contributed by atoms with Crippen LogP contribution in [0, 0.1) is 5.41 Å². The zero-order chi connectivity index (χ0) is 35.1. The zero-order valence-corrected chi connectivity index (χ0v) is 31.1. The Balaban J connectivity index is 0.000000364. The molecule has 9 nitrogen and oxygen atoms in total. The zero-order valence-electron chi connectivity index (χ0n) is 30.1. The maximum absolute atomic E-state index is 11.7. The van der Waals surface area contributed by atoms with E-state index in [9.17, 15) is 9.90 Å². The van der Waals surface area contributed by atoms with E-state index < -0.39 is 25.3 Å². The third-order valence-electron chi connectivity index (χ3n) is 8.29. The van der Waals surface area contributed by atoms with Crippen LogP contribution >= 0.6 is 0 Å². The Morgan fingerprint density at radius 3 is 1.58 bits per heavy atom. The molecule has 0 bridgehead atoms. The maximum atomic E-state index is 11.7. The Labute approximate surface area is 290 Å². The number of carbonyl (C=O) groups is 1. The largest absolute Gasteiger partial charge is 0.462 e. The quantitative estimate of drug-likeness (QED) is 0.231. The van der Waals surface area contributed by atoms with Crippen LogP contribution in [0.3, 0.4) is 0 Å². The smallest absolute Gasteiger partial charge is 0.311 e. The molecule has 2 aliphatic rings. The van der Waals surface area contributed by atoms with E-state index in [-0.39, 0.29) is 62.7 Å². The SMILES string of the molecule is C.CC1(C)O[C@@H](CCO)[C@@H](COC(=O)C(C)(C)C)O1.CC1(C)O[C@@H](CCO[Si](c2ccccc2)(c2ccccc2)C(C)(C)C)[C@@H](CO)O1. The lowest BCUT2D eigenvalue weighted by molar-refractivity contribution is -0.165. The van der Waals surface area contributed by atoms with Gasteiger partial charge in [0, 0.05) is 13.2 Å². The lowest BCUT2D eigenvalue weighted by Crippen LogP contribution is -2.66. The number of hydrogen-bond acceptors (Lipinski definition) is 9. The van der Waals surface area contributed by atoms with Crippen molar-refractivity contribution in [3.63, 3.8) is 0 Å². The molecule has 48 heavy (non-hydrogen) atoms. The molecule has 0 saturated carbocycles. The van der Waals surface area contributed by atoms with Gasteiger partial charge in [-0.25, -0.2) is 0 Å². The van der Waals surface area contributed by atoms with Crippen LogP contribution in [0.2, 0.25) is 5.04 Å². The minimum Gasteiger partial charge on any atom is -0.462 e. The first kappa shape index (κ1) is 42.0. The summed E-state index contributed by atoms with van der Waals surface area (Å²) in [4.78, 5) is 11.7. The van der Waals surface area contributed by atoms with Crippen molar-refractivity contribution < 1.29 is 43.1 Å². The normalized spacial score (nSPS) is 23.5. The van der Waals surface area contributed by atoms with Crippen molar-refractivity contribution in [2.24, 2.45) is 5.41 Å². The van der Waals surface area contributed by atoms with E-state index in [4.69, 9.17) is 33.2 Å². The first-order chi connectivity index (χ1) is 21.8. The monoisotopic (exact) mass is 690 g/mol. The highest BCUT2D eigenvalue weighted by Gasteiger charge is 2.50. The van der Waals surface area contributed by atoms with Crippen molar-refractivity contribution in [3.05, 3.63) is 60.7 Å². The van der Waals surface area contributed by atoms with Crippen LogP contribution in [-0.2, 0) is 32.9 Å². The molecule has 10 heteroatoms. The van der Waals surface area contributed by atoms with Gasteiger partial charge >= 0.3 is 5.97 Å². The number of rotatable bonds is 11. The summed E-state index contributed by atoms with van der Waals surface area (Å²) in [5, 5.41) is 21.1. The Kier molecular flexibility index (Phi) is 15.0. The minimum absolute atomic E-state index is 0. The summed E-state index contributed by atoms with van der Waals surface area (Å²) in [6.07, 6.45) is 0.109. The molecule has 2 fully saturated rings. The Hall–Kier alpha value is -2.15. The Bertz CT molecular complexity index is 1200. The molecule has 0 aromatic heterocycles. The van der Waals surface area contributed by atoms with E-state index in [1.807, 2.05) is 39.8 Å². The van der Waals surface area contributed by atoms with Crippen molar-refractivity contribution in [2.75, 3.05) is 26.4 Å². The average molecular weight is 691 g/mol. The molecule has 4 rings (SSSR count). The minimum atomic E-state index is -2.55. The number of aliphatic hydroxyl groups is 2. The molecule has 0 radical (unpaired) electrons. The lowest BCUT2D eigenvalue weighted by atomic mass is 9.97. The Morgan fingerprint density at radius 2 is 1.17 bits per heavy atom. The van der Waals surface area contributed by atoms with Crippen LogP contribution in [-0.4, -0.2) is 86.9 Å². The standard InChI is InChI=1S/C24H34O4Si.C13H24O5.CH4/c1-23(2,3)29(19-12-8-6-9-13-19,20-14-10-7-11-15-20)26-17-16-21-22(18-25)28-24(4,5)27-21;1-12(2,3)11(15)16-8-10-9(6-7-14)17-13(4,5)18-10;/h6-15,21-22,25H,16-18H2,1-5H3;9-10,14H,6-8H2,1-5H3;1H4/t21-,22+;9-,10+;/m00./s1. The molecule has 2 aromatic carbocycles. The summed E-state index contributed by atoms with van der Waals surface area (Å²) in [6.45, 7) is 20.3. The molecular formula is C38H62O9Si. The summed E-state index contributed by atoms with van der Waals surface area (Å²) < 4.78 is 35.3. The van der Waals surface area contributed by atoms with E-state index in [2.05, 4.69) is 69.3 Å². The van der Waals surface area contributed by atoms with Crippen molar-refractivity contribution in [2.45, 2.75) is 131 Å². The molecule has 2 saturated heterocycles. The summed E-state index contributed by atoms with van der Waals surface area (Å²) >= 11 is 0. The molecule has 0 unspecified atom stereocenters. The van der Waals surface area contributed by atoms with Gasteiger partial charge in [-0.15, -0.1) is 0 Å². The molecule has 272 valence electrons. The van der Waals surface area contributed by atoms with Gasteiger partial charge in [-0.2, -0.15) is 0 Å². The number of ether oxygens (including phenoxy) is 5. The first-order valence-corrected chi connectivity index (χ1v) is 18.6. The van der Waals surface area contributed by atoms with Crippen LogP contribution in [0.1, 0.15) is 89.5 Å². The molecule has 4 atom stereocenters. The fraction of sp³-hybridized carbons (Fsp3) is 0.658. The van der Waals surface area contributed by atoms with E-state index in [1.165, 1.54) is 10.4 Å². The van der Waals surface area contributed by atoms with E-state index in [0.29, 0.717) is 19.4 Å². The van der Waals surface area contributed by atoms with Crippen molar-refractivity contribution in [1.82, 2.24) is 0 Å². The number of carbonyl (C=O) groups excluding carboxylic acids is 1. The van der Waals surface area contributed by atoms with Crippen molar-refractivity contribution in [3.8, 4) is 0 Å². The molecule has 2 aromatic rings. The van der Waals surface area contributed by atoms with E-state index >= 15 is 0 Å². The predicted octanol–water partition coefficient (Wildman–Crippen LogP) is 5.58. The van der Waals surface area contributed by atoms with Gasteiger partial charge in [-0.1, -0.05) is 88.9 Å². The van der Waals surface area contributed by atoms with Gasteiger partial charge in [-0.05, 0) is 76.7 Å². The van der Waals surface area contributed by atoms with Crippen LogP contribution < -0.4 is 10.4 Å². The highest BCUT2D eigenvalue weighted by Crippen LogP contribution is 2.37. The molecule has 0 aliphatic carbocycles. The first-order valence-electron chi connectivity index (χ1n) is 16.7. The third kappa shape index (κ3) is 10.9. The number of benzene rings is 2. The van der Waals surface area contributed by atoms with Crippen LogP contribution in [0.25, 0.3) is 0 Å². The highest BCUT2D eigenvalue weighted by atomic mass is 28.4. The van der Waals surface area contributed by atoms with Gasteiger partial charge in [0.15, 0.2) is 11.6 Å². The fourth-order valence-electron chi connectivity index (χ4n) is 6.19. The van der Waals surface area contributed by atoms with Gasteiger partial charge in [0.05, 0.1) is 24.2 Å². The fourth-order valence-corrected chi connectivity index (χ4v) is 10.8. The molecule has 2 heterocycles. The van der Waals surface area contributed by atoms with E-state index in [1.54, 1.807) is 20.8 Å². The van der Waals surface area contributed by atoms with Crippen LogP contribution in [0.15, 0.2) is 60.7 Å². The van der Waals surface area contributed by atoms with Crippen molar-refractivity contribution in [1.29, 1.82) is 0 Å². The molecule has 2 N–H and O–H groups in total. The summed E-state index contributed by atoms with van der Waals surface area (Å²) in [7, 11) is -2.55. The lowest BCUT2D eigenvalue weighted by Gasteiger charge is -2.43. The number of hydrogen-bond donors (Lipinski definition) is 2. The molecule has 0 spiro atoms. The van der Waals surface area contributed by atoms with Crippen LogP contribution in [0.5, 0.6) is 0 Å². The van der Waals surface area contributed by atoms with E-state index in [0.717, 1.165) is 0 Å². The summed E-state index contributed by atoms with van der Waals surface area (Å²) in [6, 6.07) is 21.2. The van der Waals surface area contributed by atoms with Crippen LogP contribution in [0.4, 0.5) is 0 Å². The predicted molar refractivity (Wildman–Crippen MR) is 192 cm³/mol. The molecular weight excluding hydrogens is 628 g/mol. The second-order valence-corrected chi connectivity index (χ2v) is 19.6. The van der Waals surface area contributed by atoms with Gasteiger partial charge in [0.25, 0.3) is 8.32 Å². The molecule has 2 aliphatic heterocycles. The highest BCUT2D eigenvalue weighted by molar-refractivity contribution is 6.99. The van der Waals surface area contributed by atoms with Gasteiger partial charge in [0.2, 0.25) is 0 Å². The van der Waals surface area contributed by atoms with Gasteiger partial charge in [-0.3, -0.25) is 4.79 Å². The van der Waals surface area contributed by atoms with Crippen molar-refractivity contribution >= 4 is 24.7 Å². The summed E-state index contributed by atoms with van der Waals surface area (Å²) in [5.74, 6) is -1.63. The average Bonchev–Trinajstić information content (AvgIpc) is 3.46. The number of aliphatic hydroxyl groups excluding tert-OH is 2. The van der Waals surface area contributed by atoms with Gasteiger partial charge < -0.3 is 38.3 Å². The topological polar surface area (TPSA) is 113 Å². The maximum Gasteiger partial charge on any atom is 0.311 e. The second-order valence-electron chi connectivity index (χ2n) is 15.3. The number of esters is 1. The Morgan fingerprint density at radius 1 is 0.729 bits per heavy atom. The second kappa shape index (κ2) is 17.2. The van der Waals surface area contributed by atoms with Gasteiger partial charge in [0.1, 0.15) is 18.8 Å². The molecule has 0 amide bonds. The summed E-state index contributed by atoms with van der Waals surface area (Å²) in [5.41, 5.74) is -0.526.